The highest BCUT2D eigenvalue weighted by Gasteiger charge is 2.14. The molecule has 5 nitrogen and oxygen atoms in total. The van der Waals surface area contributed by atoms with Crippen molar-refractivity contribution in [3.05, 3.63) is 93.2 Å². The molecule has 1 heterocycles. The first-order valence-electron chi connectivity index (χ1n) is 9.21. The van der Waals surface area contributed by atoms with Crippen LogP contribution < -0.4 is 16.0 Å². The number of ether oxygens (including phenoxy) is 1. The molecule has 2 N–H and O–H groups in total. The van der Waals surface area contributed by atoms with Crippen molar-refractivity contribution in [2.45, 2.75) is 13.1 Å². The lowest BCUT2D eigenvalue weighted by atomic mass is 10.1. The molecule has 0 atom stereocenters. The van der Waals surface area contributed by atoms with Gasteiger partial charge in [0.1, 0.15) is 11.6 Å². The van der Waals surface area contributed by atoms with Crippen LogP contribution in [0.3, 0.4) is 0 Å². The van der Waals surface area contributed by atoms with Crippen molar-refractivity contribution < 1.29 is 4.74 Å². The molecule has 4 rings (SSSR count). The second-order valence-corrected chi connectivity index (χ2v) is 7.18. The quantitative estimate of drug-likeness (QED) is 0.539. The largest absolute Gasteiger partial charge is 0.497 e. The van der Waals surface area contributed by atoms with E-state index in [0.717, 1.165) is 22.4 Å². The topological polar surface area (TPSA) is 70.1 Å². The molecule has 0 aliphatic carbocycles. The number of methoxy groups -OCH3 is 1. The van der Waals surface area contributed by atoms with Crippen molar-refractivity contribution in [1.82, 2.24) is 9.55 Å². The normalized spacial score (nSPS) is 11.0. The second-order valence-electron chi connectivity index (χ2n) is 6.74. The molecule has 1 aromatic heterocycles. The molecule has 146 valence electrons. The van der Waals surface area contributed by atoms with Crippen molar-refractivity contribution in [1.29, 1.82) is 0 Å². The number of nitrogens with two attached hydrogens (primary N) is 1. The molecule has 0 aliphatic heterocycles. The van der Waals surface area contributed by atoms with E-state index >= 15 is 0 Å². The van der Waals surface area contributed by atoms with Gasteiger partial charge in [-0.05, 0) is 53.6 Å². The highest BCUT2D eigenvalue weighted by Crippen LogP contribution is 2.24. The SMILES string of the molecule is COc1ccc(-c2nc3cc(Cl)ccc3c(=O)n2Cc2cccc(CN)c2)cc1. The number of rotatable bonds is 5. The lowest BCUT2D eigenvalue weighted by Gasteiger charge is -2.15. The van der Waals surface area contributed by atoms with Crippen molar-refractivity contribution in [3.8, 4) is 17.1 Å². The zero-order chi connectivity index (χ0) is 20.4. The van der Waals surface area contributed by atoms with E-state index in [0.29, 0.717) is 34.8 Å². The van der Waals surface area contributed by atoms with Gasteiger partial charge in [-0.3, -0.25) is 9.36 Å². The number of hydrogen-bond acceptors (Lipinski definition) is 4. The number of fused-ring (bicyclic) bond motifs is 1. The third kappa shape index (κ3) is 3.88. The molecular formula is C23H20ClN3O2. The fourth-order valence-corrected chi connectivity index (χ4v) is 3.51. The lowest BCUT2D eigenvalue weighted by molar-refractivity contribution is 0.415. The maximum absolute atomic E-state index is 13.3. The molecule has 0 saturated heterocycles. The summed E-state index contributed by atoms with van der Waals surface area (Å²) in [6, 6.07) is 20.5. The number of aromatic nitrogens is 2. The summed E-state index contributed by atoms with van der Waals surface area (Å²) in [5, 5.41) is 1.07. The third-order valence-electron chi connectivity index (χ3n) is 4.83. The summed E-state index contributed by atoms with van der Waals surface area (Å²) < 4.78 is 6.94. The number of halogens is 1. The second kappa shape index (κ2) is 8.07. The maximum atomic E-state index is 13.3. The Hall–Kier alpha value is -3.15. The number of nitrogens with zero attached hydrogens (tertiary/aromatic N) is 2. The molecule has 3 aromatic carbocycles. The molecule has 0 spiro atoms. The Labute approximate surface area is 173 Å². The van der Waals surface area contributed by atoms with Crippen LogP contribution in [0.1, 0.15) is 11.1 Å². The lowest BCUT2D eigenvalue weighted by Crippen LogP contribution is -2.24. The van der Waals surface area contributed by atoms with Gasteiger partial charge in [0.15, 0.2) is 0 Å². The molecule has 6 heteroatoms. The van der Waals surface area contributed by atoms with Crippen LogP contribution in [0.2, 0.25) is 5.02 Å². The minimum Gasteiger partial charge on any atom is -0.497 e. The van der Waals surface area contributed by atoms with Gasteiger partial charge in [0.05, 0.1) is 24.6 Å². The van der Waals surface area contributed by atoms with Gasteiger partial charge in [-0.25, -0.2) is 4.98 Å². The first-order chi connectivity index (χ1) is 14.1. The Morgan fingerprint density at radius 1 is 1.03 bits per heavy atom. The highest BCUT2D eigenvalue weighted by atomic mass is 35.5. The van der Waals surface area contributed by atoms with Crippen molar-refractivity contribution in [3.63, 3.8) is 0 Å². The fraction of sp³-hybridized carbons (Fsp3) is 0.130. The third-order valence-corrected chi connectivity index (χ3v) is 5.07. The van der Waals surface area contributed by atoms with Gasteiger partial charge in [-0.2, -0.15) is 0 Å². The highest BCUT2D eigenvalue weighted by molar-refractivity contribution is 6.31. The smallest absolute Gasteiger partial charge is 0.261 e. The maximum Gasteiger partial charge on any atom is 0.261 e. The number of benzene rings is 3. The zero-order valence-electron chi connectivity index (χ0n) is 15.9. The zero-order valence-corrected chi connectivity index (χ0v) is 16.7. The van der Waals surface area contributed by atoms with Gasteiger partial charge in [-0.1, -0.05) is 35.9 Å². The van der Waals surface area contributed by atoms with Crippen LogP contribution in [0, 0.1) is 0 Å². The van der Waals surface area contributed by atoms with Gasteiger partial charge in [0, 0.05) is 17.1 Å². The Morgan fingerprint density at radius 2 is 1.79 bits per heavy atom. The monoisotopic (exact) mass is 405 g/mol. The minimum absolute atomic E-state index is 0.115. The summed E-state index contributed by atoms with van der Waals surface area (Å²) in [7, 11) is 1.62. The summed E-state index contributed by atoms with van der Waals surface area (Å²) in [6.07, 6.45) is 0. The van der Waals surface area contributed by atoms with Gasteiger partial charge < -0.3 is 10.5 Å². The van der Waals surface area contributed by atoms with E-state index in [1.165, 1.54) is 0 Å². The molecule has 0 aliphatic rings. The molecule has 29 heavy (non-hydrogen) atoms. The van der Waals surface area contributed by atoms with Gasteiger partial charge in [0.25, 0.3) is 5.56 Å². The molecule has 0 fully saturated rings. The van der Waals surface area contributed by atoms with Crippen LogP contribution in [0.4, 0.5) is 0 Å². The first kappa shape index (κ1) is 19.2. The van der Waals surface area contributed by atoms with E-state index in [1.54, 1.807) is 29.9 Å². The Balaban J connectivity index is 1.92. The van der Waals surface area contributed by atoms with E-state index in [4.69, 9.17) is 27.1 Å². The minimum atomic E-state index is -0.115. The molecular weight excluding hydrogens is 386 g/mol. The predicted octanol–water partition coefficient (Wildman–Crippen LogP) is 4.23. The Bertz CT molecular complexity index is 1230. The average molecular weight is 406 g/mol. The van der Waals surface area contributed by atoms with Crippen molar-refractivity contribution >= 4 is 22.5 Å². The summed E-state index contributed by atoms with van der Waals surface area (Å²) in [5.74, 6) is 1.31. The Kier molecular flexibility index (Phi) is 5.34. The van der Waals surface area contributed by atoms with Crippen LogP contribution in [-0.4, -0.2) is 16.7 Å². The van der Waals surface area contributed by atoms with Crippen LogP contribution >= 0.6 is 11.6 Å². The summed E-state index contributed by atoms with van der Waals surface area (Å²) in [5.41, 5.74) is 9.05. The first-order valence-corrected chi connectivity index (χ1v) is 9.59. The molecule has 0 saturated carbocycles. The predicted molar refractivity (Wildman–Crippen MR) is 116 cm³/mol. The molecule has 4 aromatic rings. The molecule has 0 radical (unpaired) electrons. The van der Waals surface area contributed by atoms with E-state index in [-0.39, 0.29) is 5.56 Å². The Morgan fingerprint density at radius 3 is 2.52 bits per heavy atom. The van der Waals surface area contributed by atoms with Gasteiger partial charge >= 0.3 is 0 Å². The summed E-state index contributed by atoms with van der Waals surface area (Å²) in [4.78, 5) is 18.1. The molecule has 0 amide bonds. The summed E-state index contributed by atoms with van der Waals surface area (Å²) >= 11 is 6.13. The van der Waals surface area contributed by atoms with Crippen LogP contribution in [0.5, 0.6) is 5.75 Å². The average Bonchev–Trinajstić information content (AvgIpc) is 2.75. The van der Waals surface area contributed by atoms with Gasteiger partial charge in [0.2, 0.25) is 0 Å². The van der Waals surface area contributed by atoms with E-state index in [1.807, 2.05) is 48.5 Å². The van der Waals surface area contributed by atoms with E-state index in [2.05, 4.69) is 0 Å². The van der Waals surface area contributed by atoms with E-state index in [9.17, 15) is 4.79 Å². The standard InChI is InChI=1S/C23H20ClN3O2/c1-29-19-8-5-17(6-9-19)22-26-21-12-18(24)7-10-20(21)23(28)27(22)14-16-4-2-3-15(11-16)13-25/h2-12H,13-14,25H2,1H3. The number of hydrogen-bond donors (Lipinski definition) is 1. The summed E-state index contributed by atoms with van der Waals surface area (Å²) in [6.45, 7) is 0.835. The fourth-order valence-electron chi connectivity index (χ4n) is 3.34. The molecule has 0 bridgehead atoms. The van der Waals surface area contributed by atoms with Gasteiger partial charge in [-0.15, -0.1) is 0 Å². The van der Waals surface area contributed by atoms with Crippen LogP contribution in [-0.2, 0) is 13.1 Å². The molecule has 0 unspecified atom stereocenters. The van der Waals surface area contributed by atoms with Crippen molar-refractivity contribution in [2.75, 3.05) is 7.11 Å². The van der Waals surface area contributed by atoms with Crippen LogP contribution in [0.25, 0.3) is 22.3 Å². The van der Waals surface area contributed by atoms with E-state index < -0.39 is 0 Å². The van der Waals surface area contributed by atoms with Crippen molar-refractivity contribution in [2.24, 2.45) is 5.73 Å². The van der Waals surface area contributed by atoms with Crippen LogP contribution in [0.15, 0.2) is 71.5 Å².